The van der Waals surface area contributed by atoms with E-state index in [0.717, 1.165) is 78.4 Å². The van der Waals surface area contributed by atoms with Gasteiger partial charge in [-0.2, -0.15) is 0 Å². The van der Waals surface area contributed by atoms with Gasteiger partial charge in [0.25, 0.3) is 11.8 Å². The van der Waals surface area contributed by atoms with Crippen molar-refractivity contribution in [1.29, 1.82) is 0 Å². The van der Waals surface area contributed by atoms with Gasteiger partial charge in [0.05, 0.1) is 31.4 Å². The molecule has 8 rings (SSSR count). The number of aromatic nitrogens is 1. The van der Waals surface area contributed by atoms with E-state index in [0.29, 0.717) is 28.4 Å². The SMILES string of the molecule is Cc1ccc(C(=O)Nc2ccc(C(=O)N3CCc4cc(C(=O)Cc5c(F)cccc5F)sc4-c4sccc43)c(F)c2)c(N2CC3(CCOCC3)C2)n1. The van der Waals surface area contributed by atoms with Gasteiger partial charge in [-0.3, -0.25) is 14.4 Å². The van der Waals surface area contributed by atoms with Crippen LogP contribution in [0.1, 0.15) is 60.1 Å². The summed E-state index contributed by atoms with van der Waals surface area (Å²) in [6.07, 6.45) is 1.93. The van der Waals surface area contributed by atoms with E-state index in [9.17, 15) is 23.2 Å². The quantitative estimate of drug-likeness (QED) is 0.170. The zero-order chi connectivity index (χ0) is 36.1. The summed E-state index contributed by atoms with van der Waals surface area (Å²) in [6, 6.07) is 14.5. The number of thiophene rings is 2. The number of ether oxygens (including phenoxy) is 1. The van der Waals surface area contributed by atoms with E-state index in [2.05, 4.69) is 15.2 Å². The van der Waals surface area contributed by atoms with Gasteiger partial charge in [0.15, 0.2) is 5.78 Å². The Morgan fingerprint density at radius 2 is 1.67 bits per heavy atom. The first kappa shape index (κ1) is 34.2. The number of pyridine rings is 1. The lowest BCUT2D eigenvalue weighted by Gasteiger charge is -2.53. The molecule has 52 heavy (non-hydrogen) atoms. The van der Waals surface area contributed by atoms with Crippen LogP contribution in [0.4, 0.5) is 30.4 Å². The van der Waals surface area contributed by atoms with Crippen molar-refractivity contribution < 1.29 is 32.3 Å². The molecule has 1 N–H and O–H groups in total. The monoisotopic (exact) mass is 742 g/mol. The highest BCUT2D eigenvalue weighted by molar-refractivity contribution is 7.23. The number of fused-ring (bicyclic) bond motifs is 3. The van der Waals surface area contributed by atoms with Crippen molar-refractivity contribution in [3.05, 3.63) is 116 Å². The minimum atomic E-state index is -0.779. The zero-order valence-electron chi connectivity index (χ0n) is 28.1. The van der Waals surface area contributed by atoms with Crippen molar-refractivity contribution in [1.82, 2.24) is 4.98 Å². The fourth-order valence-electron chi connectivity index (χ4n) is 7.25. The molecule has 6 heterocycles. The fourth-order valence-corrected chi connectivity index (χ4v) is 9.48. The Morgan fingerprint density at radius 1 is 0.923 bits per heavy atom. The Labute approximate surface area is 305 Å². The summed E-state index contributed by atoms with van der Waals surface area (Å²) in [7, 11) is 0. The molecule has 3 aromatic heterocycles. The summed E-state index contributed by atoms with van der Waals surface area (Å²) in [5, 5.41) is 4.61. The number of carbonyl (C=O) groups excluding carboxylic acids is 3. The van der Waals surface area contributed by atoms with Gasteiger partial charge >= 0.3 is 0 Å². The molecule has 0 unspecified atom stereocenters. The second-order valence-corrected chi connectivity index (χ2v) is 15.5. The summed E-state index contributed by atoms with van der Waals surface area (Å²) < 4.78 is 49.7. The second kappa shape index (κ2) is 13.6. The molecule has 8 nitrogen and oxygen atoms in total. The van der Waals surface area contributed by atoms with E-state index in [-0.39, 0.29) is 28.8 Å². The van der Waals surface area contributed by atoms with Gasteiger partial charge < -0.3 is 19.9 Å². The summed E-state index contributed by atoms with van der Waals surface area (Å²) in [5.74, 6) is -3.09. The highest BCUT2D eigenvalue weighted by Gasteiger charge is 2.45. The topological polar surface area (TPSA) is 91.8 Å². The van der Waals surface area contributed by atoms with Gasteiger partial charge in [-0.05, 0) is 91.7 Å². The van der Waals surface area contributed by atoms with Crippen molar-refractivity contribution >= 4 is 57.5 Å². The largest absolute Gasteiger partial charge is 0.381 e. The molecule has 266 valence electrons. The molecule has 3 aliphatic heterocycles. The molecule has 0 saturated carbocycles. The van der Waals surface area contributed by atoms with E-state index in [1.165, 1.54) is 45.8 Å². The zero-order valence-corrected chi connectivity index (χ0v) is 29.8. The number of amides is 2. The van der Waals surface area contributed by atoms with Crippen molar-refractivity contribution in [2.75, 3.05) is 48.0 Å². The maximum absolute atomic E-state index is 15.7. The van der Waals surface area contributed by atoms with Crippen molar-refractivity contribution in [3.8, 4) is 9.75 Å². The molecule has 2 amide bonds. The molecule has 0 bridgehead atoms. The van der Waals surface area contributed by atoms with Crippen molar-refractivity contribution in [3.63, 3.8) is 0 Å². The number of halogens is 3. The number of carbonyl (C=O) groups is 3. The first-order valence-corrected chi connectivity index (χ1v) is 18.7. The fraction of sp³-hybridized carbons (Fsp3) is 0.282. The van der Waals surface area contributed by atoms with Gasteiger partial charge in [0.2, 0.25) is 0 Å². The van der Waals surface area contributed by atoms with Gasteiger partial charge in [-0.1, -0.05) is 6.07 Å². The lowest BCUT2D eigenvalue weighted by atomic mass is 9.73. The summed E-state index contributed by atoms with van der Waals surface area (Å²) in [5.41, 5.74) is 2.55. The Bertz CT molecular complexity index is 2220. The molecule has 1 spiro atoms. The Kier molecular flexibility index (Phi) is 8.96. The van der Waals surface area contributed by atoms with Gasteiger partial charge in [0.1, 0.15) is 23.3 Å². The minimum absolute atomic E-state index is 0.150. The van der Waals surface area contributed by atoms with Crippen LogP contribution >= 0.6 is 22.7 Å². The average molecular weight is 743 g/mol. The lowest BCUT2D eigenvalue weighted by molar-refractivity contribution is -0.000519. The van der Waals surface area contributed by atoms with Crippen LogP contribution in [0.2, 0.25) is 0 Å². The Balaban J connectivity index is 0.979. The number of rotatable bonds is 7. The van der Waals surface area contributed by atoms with E-state index < -0.39 is 41.5 Å². The molecule has 0 radical (unpaired) electrons. The third kappa shape index (κ3) is 6.30. The first-order chi connectivity index (χ1) is 25.1. The number of Topliss-reactive ketones (excluding diaryl/α,β-unsaturated/α-hetero) is 1. The second-order valence-electron chi connectivity index (χ2n) is 13.5. The maximum atomic E-state index is 15.7. The summed E-state index contributed by atoms with van der Waals surface area (Å²) >= 11 is 2.61. The molecule has 5 aromatic rings. The Hall–Kier alpha value is -4.85. The number of nitrogens with zero attached hydrogens (tertiary/aromatic N) is 3. The summed E-state index contributed by atoms with van der Waals surface area (Å²) in [6.45, 7) is 5.16. The minimum Gasteiger partial charge on any atom is -0.381 e. The highest BCUT2D eigenvalue weighted by Crippen LogP contribution is 2.46. The number of ketones is 1. The molecule has 0 atom stereocenters. The van der Waals surface area contributed by atoms with Gasteiger partial charge in [-0.15, -0.1) is 22.7 Å². The van der Waals surface area contributed by atoms with E-state index >= 15 is 4.39 Å². The van der Waals surface area contributed by atoms with Crippen LogP contribution in [0.25, 0.3) is 9.75 Å². The van der Waals surface area contributed by atoms with Crippen LogP contribution in [-0.2, 0) is 17.6 Å². The number of aryl methyl sites for hydroxylation is 1. The molecule has 2 fully saturated rings. The van der Waals surface area contributed by atoms with Crippen LogP contribution in [0.5, 0.6) is 0 Å². The third-order valence-electron chi connectivity index (χ3n) is 10.1. The lowest BCUT2D eigenvalue weighted by Crippen LogP contribution is -2.59. The molecule has 13 heteroatoms. The molecule has 2 saturated heterocycles. The van der Waals surface area contributed by atoms with Crippen molar-refractivity contribution in [2.24, 2.45) is 5.41 Å². The van der Waals surface area contributed by atoms with Crippen LogP contribution in [-0.4, -0.2) is 55.4 Å². The molecular formula is C39H33F3N4O4S2. The number of hydrogen-bond donors (Lipinski definition) is 1. The van der Waals surface area contributed by atoms with Crippen LogP contribution < -0.4 is 15.1 Å². The first-order valence-electron chi connectivity index (χ1n) is 17.0. The highest BCUT2D eigenvalue weighted by atomic mass is 32.1. The van der Waals surface area contributed by atoms with Crippen molar-refractivity contribution in [2.45, 2.75) is 32.6 Å². The third-order valence-corrected chi connectivity index (χ3v) is 12.4. The van der Waals surface area contributed by atoms with Crippen LogP contribution in [0.15, 0.2) is 66.0 Å². The number of anilines is 3. The van der Waals surface area contributed by atoms with Gasteiger partial charge in [0, 0.05) is 61.6 Å². The van der Waals surface area contributed by atoms with E-state index in [1.807, 2.05) is 12.3 Å². The molecule has 3 aliphatic rings. The molecular weight excluding hydrogens is 710 g/mol. The number of hydrogen-bond acceptors (Lipinski definition) is 8. The van der Waals surface area contributed by atoms with E-state index in [1.54, 1.807) is 24.3 Å². The normalized spacial score (nSPS) is 16.2. The molecule has 0 aliphatic carbocycles. The van der Waals surface area contributed by atoms with E-state index in [4.69, 9.17) is 4.74 Å². The summed E-state index contributed by atoms with van der Waals surface area (Å²) in [4.78, 5) is 50.7. The predicted octanol–water partition coefficient (Wildman–Crippen LogP) is 8.09. The van der Waals surface area contributed by atoms with Crippen LogP contribution in [0, 0.1) is 29.8 Å². The van der Waals surface area contributed by atoms with Crippen LogP contribution in [0.3, 0.4) is 0 Å². The average Bonchev–Trinajstić information content (AvgIpc) is 3.74. The molecule has 2 aromatic carbocycles. The Morgan fingerprint density at radius 3 is 2.42 bits per heavy atom. The number of nitrogens with one attached hydrogen (secondary N) is 1. The standard InChI is InChI=1S/C39H33F3N4O4S2/c1-22-5-7-26(36(43-22)45-20-39(21-45)11-14-50-15-12-39)37(48)44-24-6-8-25(30(42)18-24)38(49)46-13-9-23-17-33(52-34(23)35-31(46)10-16-51-35)32(47)19-27-28(40)3-2-4-29(27)41/h2-8,10,16-18H,9,11-15,19-21H2,1H3,(H,44,48). The maximum Gasteiger partial charge on any atom is 0.261 e. The predicted molar refractivity (Wildman–Crippen MR) is 195 cm³/mol. The number of benzene rings is 2. The smallest absolute Gasteiger partial charge is 0.261 e. The van der Waals surface area contributed by atoms with Gasteiger partial charge in [-0.25, -0.2) is 18.2 Å².